The number of piperazine rings is 1. The lowest BCUT2D eigenvalue weighted by Gasteiger charge is -2.46. The van der Waals surface area contributed by atoms with E-state index in [2.05, 4.69) is 56.6 Å². The van der Waals surface area contributed by atoms with Gasteiger partial charge in [0.1, 0.15) is 0 Å². The monoisotopic (exact) mass is 272 g/mol. The molecule has 0 aromatic heterocycles. The highest BCUT2D eigenvalue weighted by atomic mass is 32.2. The number of nitrogens with one attached hydrogen (secondary N) is 1. The fraction of sp³-hybridized carbons (Fsp3) is 1.00. The van der Waals surface area contributed by atoms with Crippen molar-refractivity contribution >= 4 is 11.8 Å². The van der Waals surface area contributed by atoms with Gasteiger partial charge in [-0.05, 0) is 50.7 Å². The molecule has 1 heterocycles. The van der Waals surface area contributed by atoms with Crippen LogP contribution in [-0.4, -0.2) is 47.6 Å². The van der Waals surface area contributed by atoms with Gasteiger partial charge in [0.05, 0.1) is 0 Å². The van der Waals surface area contributed by atoms with E-state index in [9.17, 15) is 0 Å². The van der Waals surface area contributed by atoms with E-state index in [0.29, 0.717) is 11.6 Å². The molecular formula is C15H32N2S. The molecule has 0 saturated carbocycles. The maximum absolute atomic E-state index is 3.73. The average molecular weight is 273 g/mol. The molecule has 0 amide bonds. The Morgan fingerprint density at radius 1 is 1.39 bits per heavy atom. The normalized spacial score (nSPS) is 24.7. The smallest absolute Gasteiger partial charge is 0.0278 e. The first-order valence-corrected chi connectivity index (χ1v) is 8.67. The summed E-state index contributed by atoms with van der Waals surface area (Å²) in [6.07, 6.45) is 2.63. The molecule has 1 atom stereocenters. The summed E-state index contributed by atoms with van der Waals surface area (Å²) in [5.74, 6) is 3.35. The lowest BCUT2D eigenvalue weighted by Crippen LogP contribution is -2.62. The second-order valence-electron chi connectivity index (χ2n) is 6.52. The zero-order chi connectivity index (χ0) is 13.6. The van der Waals surface area contributed by atoms with Crippen LogP contribution < -0.4 is 5.32 Å². The average Bonchev–Trinajstić information content (AvgIpc) is 2.28. The second kappa shape index (κ2) is 7.76. The van der Waals surface area contributed by atoms with Gasteiger partial charge in [0, 0.05) is 24.7 Å². The molecule has 1 aliphatic rings. The molecule has 1 rings (SSSR count). The van der Waals surface area contributed by atoms with Crippen LogP contribution in [0, 0.1) is 5.92 Å². The van der Waals surface area contributed by atoms with Crippen LogP contribution in [-0.2, 0) is 0 Å². The Bertz CT molecular complexity index is 229. The number of rotatable bonds is 7. The maximum Gasteiger partial charge on any atom is 0.0278 e. The summed E-state index contributed by atoms with van der Waals surface area (Å²) in [4.78, 5) is 2.70. The van der Waals surface area contributed by atoms with Gasteiger partial charge in [-0.25, -0.2) is 0 Å². The van der Waals surface area contributed by atoms with Crippen LogP contribution in [0.15, 0.2) is 0 Å². The van der Waals surface area contributed by atoms with E-state index in [1.807, 2.05) is 0 Å². The second-order valence-corrected chi connectivity index (χ2v) is 7.91. The van der Waals surface area contributed by atoms with E-state index in [1.54, 1.807) is 0 Å². The Labute approximate surface area is 118 Å². The predicted octanol–water partition coefficient (Wildman–Crippen LogP) is 3.23. The van der Waals surface area contributed by atoms with Gasteiger partial charge >= 0.3 is 0 Å². The van der Waals surface area contributed by atoms with Gasteiger partial charge in [-0.3, -0.25) is 4.90 Å². The Morgan fingerprint density at radius 2 is 2.11 bits per heavy atom. The van der Waals surface area contributed by atoms with Gasteiger partial charge in [0.25, 0.3) is 0 Å². The van der Waals surface area contributed by atoms with Crippen LogP contribution in [0.25, 0.3) is 0 Å². The van der Waals surface area contributed by atoms with Crippen LogP contribution in [0.5, 0.6) is 0 Å². The third-order valence-electron chi connectivity index (χ3n) is 3.80. The van der Waals surface area contributed by atoms with E-state index < -0.39 is 0 Å². The SMILES string of the molecule is CCSCCCN1CC(CC(C)C)NCC1(C)C. The van der Waals surface area contributed by atoms with Crippen molar-refractivity contribution in [2.75, 3.05) is 31.1 Å². The van der Waals surface area contributed by atoms with Crippen molar-refractivity contribution in [3.8, 4) is 0 Å². The molecule has 1 fully saturated rings. The first kappa shape index (κ1) is 16.3. The molecule has 0 aromatic rings. The molecule has 1 unspecified atom stereocenters. The molecule has 18 heavy (non-hydrogen) atoms. The molecule has 1 aliphatic heterocycles. The highest BCUT2D eigenvalue weighted by Gasteiger charge is 2.33. The molecule has 2 nitrogen and oxygen atoms in total. The van der Waals surface area contributed by atoms with Crippen molar-refractivity contribution in [3.05, 3.63) is 0 Å². The highest BCUT2D eigenvalue weighted by Crippen LogP contribution is 2.21. The minimum absolute atomic E-state index is 0.324. The standard InChI is InChI=1S/C15H32N2S/c1-6-18-9-7-8-17-11-14(10-13(2)3)16-12-15(17,4)5/h13-14,16H,6-12H2,1-5H3. The number of hydrogen-bond acceptors (Lipinski definition) is 3. The maximum atomic E-state index is 3.73. The summed E-state index contributed by atoms with van der Waals surface area (Å²) in [6, 6.07) is 0.692. The van der Waals surface area contributed by atoms with Crippen molar-refractivity contribution in [1.82, 2.24) is 10.2 Å². The molecule has 1 N–H and O–H groups in total. The van der Waals surface area contributed by atoms with Crippen LogP contribution in [0.4, 0.5) is 0 Å². The summed E-state index contributed by atoms with van der Waals surface area (Å²) < 4.78 is 0. The van der Waals surface area contributed by atoms with Gasteiger partial charge in [-0.15, -0.1) is 0 Å². The quantitative estimate of drug-likeness (QED) is 0.716. The summed E-state index contributed by atoms with van der Waals surface area (Å²) in [5.41, 5.74) is 0.324. The Balaban J connectivity index is 2.39. The lowest BCUT2D eigenvalue weighted by molar-refractivity contribution is 0.0614. The molecule has 3 heteroatoms. The molecule has 0 radical (unpaired) electrons. The number of thioether (sulfide) groups is 1. The third kappa shape index (κ3) is 5.50. The van der Waals surface area contributed by atoms with Crippen molar-refractivity contribution < 1.29 is 0 Å². The van der Waals surface area contributed by atoms with Crippen molar-refractivity contribution in [2.24, 2.45) is 5.92 Å². The zero-order valence-corrected chi connectivity index (χ0v) is 13.8. The summed E-state index contributed by atoms with van der Waals surface area (Å²) in [6.45, 7) is 15.3. The highest BCUT2D eigenvalue weighted by molar-refractivity contribution is 7.99. The van der Waals surface area contributed by atoms with Crippen LogP contribution in [0.3, 0.4) is 0 Å². The summed E-state index contributed by atoms with van der Waals surface area (Å²) in [7, 11) is 0. The van der Waals surface area contributed by atoms with Crippen LogP contribution in [0.2, 0.25) is 0 Å². The Kier molecular flexibility index (Phi) is 7.04. The van der Waals surface area contributed by atoms with E-state index in [4.69, 9.17) is 0 Å². The summed E-state index contributed by atoms with van der Waals surface area (Å²) >= 11 is 2.07. The van der Waals surface area contributed by atoms with Crippen LogP contribution >= 0.6 is 11.8 Å². The molecule has 0 aliphatic carbocycles. The van der Waals surface area contributed by atoms with Gasteiger partial charge in [0.15, 0.2) is 0 Å². The van der Waals surface area contributed by atoms with Gasteiger partial charge in [0.2, 0.25) is 0 Å². The first-order chi connectivity index (χ1) is 8.45. The van der Waals surface area contributed by atoms with E-state index >= 15 is 0 Å². The van der Waals surface area contributed by atoms with E-state index in [-0.39, 0.29) is 0 Å². The molecular weight excluding hydrogens is 240 g/mol. The van der Waals surface area contributed by atoms with Gasteiger partial charge in [-0.1, -0.05) is 20.8 Å². The Morgan fingerprint density at radius 3 is 2.72 bits per heavy atom. The largest absolute Gasteiger partial charge is 0.311 e. The molecule has 108 valence electrons. The van der Waals surface area contributed by atoms with E-state index in [0.717, 1.165) is 12.5 Å². The molecule has 0 aromatic carbocycles. The fourth-order valence-corrected chi connectivity index (χ4v) is 3.33. The van der Waals surface area contributed by atoms with Crippen molar-refractivity contribution in [1.29, 1.82) is 0 Å². The lowest BCUT2D eigenvalue weighted by atomic mass is 9.93. The molecule has 0 spiro atoms. The first-order valence-electron chi connectivity index (χ1n) is 7.52. The van der Waals surface area contributed by atoms with Crippen molar-refractivity contribution in [2.45, 2.75) is 59.0 Å². The zero-order valence-electron chi connectivity index (χ0n) is 13.0. The van der Waals surface area contributed by atoms with Crippen LogP contribution in [0.1, 0.15) is 47.5 Å². The van der Waals surface area contributed by atoms with Gasteiger partial charge in [-0.2, -0.15) is 11.8 Å². The molecule has 1 saturated heterocycles. The minimum atomic E-state index is 0.324. The predicted molar refractivity (Wildman–Crippen MR) is 84.5 cm³/mol. The Hall–Kier alpha value is 0.270. The van der Waals surface area contributed by atoms with Gasteiger partial charge < -0.3 is 5.32 Å². The third-order valence-corrected chi connectivity index (χ3v) is 4.78. The molecule has 0 bridgehead atoms. The number of hydrogen-bond donors (Lipinski definition) is 1. The van der Waals surface area contributed by atoms with Crippen molar-refractivity contribution in [3.63, 3.8) is 0 Å². The van der Waals surface area contributed by atoms with E-state index in [1.165, 1.54) is 37.4 Å². The summed E-state index contributed by atoms with van der Waals surface area (Å²) in [5, 5.41) is 3.73. The number of nitrogens with zero attached hydrogens (tertiary/aromatic N) is 1. The topological polar surface area (TPSA) is 15.3 Å². The fourth-order valence-electron chi connectivity index (χ4n) is 2.71. The minimum Gasteiger partial charge on any atom is -0.311 e.